The van der Waals surface area contributed by atoms with Crippen molar-refractivity contribution in [1.82, 2.24) is 24.8 Å². The van der Waals surface area contributed by atoms with Crippen molar-refractivity contribution in [2.75, 3.05) is 19.5 Å². The van der Waals surface area contributed by atoms with Gasteiger partial charge < -0.3 is 30.6 Å². The van der Waals surface area contributed by atoms with Gasteiger partial charge in [0.1, 0.15) is 29.2 Å². The van der Waals surface area contributed by atoms with Gasteiger partial charge in [-0.15, -0.1) is 0 Å². The van der Waals surface area contributed by atoms with Crippen LogP contribution in [-0.4, -0.2) is 55.3 Å². The summed E-state index contributed by atoms with van der Waals surface area (Å²) in [5, 5.41) is 17.7. The number of benzene rings is 1. The Balaban J connectivity index is 1.68. The van der Waals surface area contributed by atoms with Crippen molar-refractivity contribution in [2.24, 2.45) is 5.73 Å². The summed E-state index contributed by atoms with van der Waals surface area (Å²) in [4.78, 5) is 9.23. The smallest absolute Gasteiger partial charge is 0.216 e. The molecule has 0 radical (unpaired) electrons. The predicted molar refractivity (Wildman–Crippen MR) is 134 cm³/mol. The SMILES string of the molecule is CCn1c(-c2nonc2N)nc2c(C#CC(C)(C)O)nc(OC[C@@H](N)Cc3cccc(OC)c3)cc21. The van der Waals surface area contributed by atoms with Crippen LogP contribution >= 0.6 is 0 Å². The maximum absolute atomic E-state index is 10.1. The first-order valence-electron chi connectivity index (χ1n) is 11.4. The standard InChI is InChI=1S/C25H29N7O4/c1-5-32-19-13-20(35-14-16(26)11-15-7-6-8-17(12-15)34-4)28-18(9-10-25(2,3)33)21(19)29-24(32)22-23(27)31-36-30-22/h6-8,12-13,16,33H,5,11,14,26H2,1-4H3,(H2,27,31)/t16-/m0/s1. The van der Waals surface area contributed by atoms with E-state index in [1.54, 1.807) is 27.0 Å². The minimum absolute atomic E-state index is 0.122. The molecule has 188 valence electrons. The third-order valence-corrected chi connectivity index (χ3v) is 5.32. The monoisotopic (exact) mass is 491 g/mol. The van der Waals surface area contributed by atoms with E-state index in [2.05, 4.69) is 32.1 Å². The van der Waals surface area contributed by atoms with Crippen LogP contribution in [0.25, 0.3) is 22.6 Å². The lowest BCUT2D eigenvalue weighted by molar-refractivity contribution is 0.143. The van der Waals surface area contributed by atoms with Crippen LogP contribution in [-0.2, 0) is 13.0 Å². The third kappa shape index (κ3) is 5.56. The van der Waals surface area contributed by atoms with E-state index in [0.29, 0.717) is 47.1 Å². The van der Waals surface area contributed by atoms with E-state index < -0.39 is 5.60 Å². The molecule has 0 saturated heterocycles. The Morgan fingerprint density at radius 1 is 1.22 bits per heavy atom. The molecule has 4 rings (SSSR count). The Morgan fingerprint density at radius 2 is 2.03 bits per heavy atom. The normalized spacial score (nSPS) is 12.3. The van der Waals surface area contributed by atoms with Gasteiger partial charge in [0, 0.05) is 18.7 Å². The Hall–Kier alpha value is -4.14. The number of ether oxygens (including phenoxy) is 2. The molecule has 0 saturated carbocycles. The first kappa shape index (κ1) is 25.0. The van der Waals surface area contributed by atoms with Crippen LogP contribution in [0.15, 0.2) is 35.0 Å². The topological polar surface area (TPSA) is 160 Å². The van der Waals surface area contributed by atoms with Gasteiger partial charge in [-0.3, -0.25) is 0 Å². The largest absolute Gasteiger partial charge is 0.497 e. The molecule has 1 aromatic carbocycles. The van der Waals surface area contributed by atoms with Crippen molar-refractivity contribution >= 4 is 16.9 Å². The summed E-state index contributed by atoms with van der Waals surface area (Å²) in [6.07, 6.45) is 0.598. The number of hydrogen-bond acceptors (Lipinski definition) is 10. The highest BCUT2D eigenvalue weighted by Gasteiger charge is 2.22. The van der Waals surface area contributed by atoms with Gasteiger partial charge in [-0.1, -0.05) is 18.1 Å². The van der Waals surface area contributed by atoms with Gasteiger partial charge in [0.15, 0.2) is 17.3 Å². The molecule has 0 unspecified atom stereocenters. The molecular weight excluding hydrogens is 462 g/mol. The molecule has 36 heavy (non-hydrogen) atoms. The number of nitrogens with zero attached hydrogens (tertiary/aromatic N) is 5. The summed E-state index contributed by atoms with van der Waals surface area (Å²) < 4.78 is 17.9. The molecule has 0 aliphatic heterocycles. The second kappa shape index (κ2) is 10.2. The van der Waals surface area contributed by atoms with Crippen LogP contribution in [0, 0.1) is 11.8 Å². The molecular formula is C25H29N7O4. The number of rotatable bonds is 8. The number of aryl methyl sites for hydroxylation is 1. The van der Waals surface area contributed by atoms with Crippen LogP contribution in [0.3, 0.4) is 0 Å². The summed E-state index contributed by atoms with van der Waals surface area (Å²) in [5.41, 5.74) is 14.0. The van der Waals surface area contributed by atoms with Gasteiger partial charge in [-0.2, -0.15) is 0 Å². The molecule has 3 aromatic heterocycles. The number of pyridine rings is 1. The van der Waals surface area contributed by atoms with Crippen LogP contribution in [0.2, 0.25) is 0 Å². The zero-order valence-corrected chi connectivity index (χ0v) is 20.6. The fraction of sp³-hybridized carbons (Fsp3) is 0.360. The third-order valence-electron chi connectivity index (χ3n) is 5.32. The van der Waals surface area contributed by atoms with Crippen LogP contribution in [0.1, 0.15) is 32.0 Å². The lowest BCUT2D eigenvalue weighted by atomic mass is 10.1. The second-order valence-corrected chi connectivity index (χ2v) is 8.79. The second-order valence-electron chi connectivity index (χ2n) is 8.79. The summed E-state index contributed by atoms with van der Waals surface area (Å²) in [7, 11) is 1.63. The van der Waals surface area contributed by atoms with E-state index in [1.165, 1.54) is 0 Å². The Morgan fingerprint density at radius 3 is 2.69 bits per heavy atom. The number of imidazole rings is 1. The van der Waals surface area contributed by atoms with Gasteiger partial charge in [-0.05, 0) is 61.1 Å². The summed E-state index contributed by atoms with van der Waals surface area (Å²) in [6, 6.07) is 9.23. The van der Waals surface area contributed by atoms with Gasteiger partial charge in [0.05, 0.1) is 12.6 Å². The zero-order valence-electron chi connectivity index (χ0n) is 20.6. The molecule has 0 aliphatic rings. The average molecular weight is 492 g/mol. The Bertz CT molecular complexity index is 1430. The fourth-order valence-electron chi connectivity index (χ4n) is 3.68. The summed E-state index contributed by atoms with van der Waals surface area (Å²) in [5.74, 6) is 7.41. The van der Waals surface area contributed by atoms with E-state index in [9.17, 15) is 5.11 Å². The van der Waals surface area contributed by atoms with E-state index in [-0.39, 0.29) is 18.5 Å². The average Bonchev–Trinajstić information content (AvgIpc) is 3.43. The van der Waals surface area contributed by atoms with Gasteiger partial charge in [-0.25, -0.2) is 14.6 Å². The molecule has 5 N–H and O–H groups in total. The predicted octanol–water partition coefficient (Wildman–Crippen LogP) is 2.16. The Labute approximate surface area is 208 Å². The van der Waals surface area contributed by atoms with Crippen molar-refractivity contribution in [1.29, 1.82) is 0 Å². The number of fused-ring (bicyclic) bond motifs is 1. The maximum atomic E-state index is 10.1. The number of aromatic nitrogens is 5. The Kier molecular flexibility index (Phi) is 7.10. The minimum atomic E-state index is -1.22. The number of aliphatic hydroxyl groups is 1. The minimum Gasteiger partial charge on any atom is -0.497 e. The molecule has 0 amide bonds. The van der Waals surface area contributed by atoms with Crippen molar-refractivity contribution in [2.45, 2.75) is 45.4 Å². The van der Waals surface area contributed by atoms with E-state index in [0.717, 1.165) is 11.3 Å². The molecule has 0 aliphatic carbocycles. The van der Waals surface area contributed by atoms with Crippen LogP contribution in [0.4, 0.5) is 5.82 Å². The molecule has 0 bridgehead atoms. The molecule has 0 fully saturated rings. The summed E-state index contributed by atoms with van der Waals surface area (Å²) >= 11 is 0. The molecule has 11 heteroatoms. The molecule has 3 heterocycles. The highest BCUT2D eigenvalue weighted by Crippen LogP contribution is 2.30. The highest BCUT2D eigenvalue weighted by molar-refractivity contribution is 5.86. The number of anilines is 1. The lowest BCUT2D eigenvalue weighted by Crippen LogP contribution is -2.30. The van der Waals surface area contributed by atoms with E-state index in [4.69, 9.17) is 25.6 Å². The quantitative estimate of drug-likeness (QED) is 0.312. The first-order chi connectivity index (χ1) is 17.2. The highest BCUT2D eigenvalue weighted by atomic mass is 16.6. The lowest BCUT2D eigenvalue weighted by Gasteiger charge is -2.14. The first-order valence-corrected chi connectivity index (χ1v) is 11.4. The molecule has 4 aromatic rings. The molecule has 11 nitrogen and oxygen atoms in total. The fourth-order valence-corrected chi connectivity index (χ4v) is 3.68. The van der Waals surface area contributed by atoms with Gasteiger partial charge in [0.2, 0.25) is 5.88 Å². The molecule has 1 atom stereocenters. The van der Waals surface area contributed by atoms with Crippen molar-refractivity contribution < 1.29 is 19.2 Å². The number of nitrogens with two attached hydrogens (primary N) is 2. The van der Waals surface area contributed by atoms with Crippen LogP contribution < -0.4 is 20.9 Å². The van der Waals surface area contributed by atoms with Gasteiger partial charge >= 0.3 is 0 Å². The van der Waals surface area contributed by atoms with Crippen molar-refractivity contribution in [3.63, 3.8) is 0 Å². The molecule has 0 spiro atoms. The number of hydrogen-bond donors (Lipinski definition) is 3. The van der Waals surface area contributed by atoms with E-state index in [1.807, 2.05) is 35.8 Å². The zero-order chi connectivity index (χ0) is 25.9. The van der Waals surface area contributed by atoms with Crippen LogP contribution in [0.5, 0.6) is 11.6 Å². The number of nitrogen functional groups attached to an aromatic ring is 1. The summed E-state index contributed by atoms with van der Waals surface area (Å²) in [6.45, 7) is 5.91. The van der Waals surface area contributed by atoms with Gasteiger partial charge in [0.25, 0.3) is 0 Å². The van der Waals surface area contributed by atoms with Crippen molar-refractivity contribution in [3.8, 4) is 35.0 Å². The van der Waals surface area contributed by atoms with Crippen molar-refractivity contribution in [3.05, 3.63) is 41.6 Å². The number of methoxy groups -OCH3 is 1. The maximum Gasteiger partial charge on any atom is 0.216 e. The van der Waals surface area contributed by atoms with E-state index >= 15 is 0 Å².